The Labute approximate surface area is 130 Å². The van der Waals surface area contributed by atoms with E-state index in [2.05, 4.69) is 27.3 Å². The lowest BCUT2D eigenvalue weighted by molar-refractivity contribution is 0.412. The van der Waals surface area contributed by atoms with Gasteiger partial charge in [0.2, 0.25) is 0 Å². The third-order valence-corrected chi connectivity index (χ3v) is 5.29. The molecule has 0 spiro atoms. The number of nitrogens with one attached hydrogen (secondary N) is 1. The molecule has 0 fully saturated rings. The Balaban J connectivity index is 1.89. The number of halogens is 2. The third kappa shape index (κ3) is 2.69. The van der Waals surface area contributed by atoms with Gasteiger partial charge in [0.05, 0.1) is 22.6 Å². The van der Waals surface area contributed by atoms with Gasteiger partial charge < -0.3 is 10.1 Å². The zero-order valence-corrected chi connectivity index (χ0v) is 13.5. The highest BCUT2D eigenvalue weighted by molar-refractivity contribution is 9.11. The third-order valence-electron chi connectivity index (χ3n) is 3.58. The molecule has 1 atom stereocenters. The Hall–Kier alpha value is -1.07. The van der Waals surface area contributed by atoms with Gasteiger partial charge in [-0.25, -0.2) is 4.39 Å². The molecule has 0 saturated carbocycles. The predicted molar refractivity (Wildman–Crippen MR) is 84.3 cm³/mol. The van der Waals surface area contributed by atoms with E-state index >= 15 is 0 Å². The van der Waals surface area contributed by atoms with Gasteiger partial charge in [-0.1, -0.05) is 0 Å². The molecule has 0 amide bonds. The Morgan fingerprint density at radius 2 is 2.25 bits per heavy atom. The van der Waals surface area contributed by atoms with E-state index in [0.717, 1.165) is 18.5 Å². The zero-order valence-electron chi connectivity index (χ0n) is 11.1. The molecule has 20 heavy (non-hydrogen) atoms. The fourth-order valence-electron chi connectivity index (χ4n) is 2.64. The van der Waals surface area contributed by atoms with Crippen molar-refractivity contribution in [3.8, 4) is 5.75 Å². The maximum atomic E-state index is 13.2. The first-order chi connectivity index (χ1) is 9.67. The second kappa shape index (κ2) is 5.74. The van der Waals surface area contributed by atoms with Crippen molar-refractivity contribution in [2.45, 2.75) is 25.3 Å². The van der Waals surface area contributed by atoms with Gasteiger partial charge in [0, 0.05) is 10.9 Å². The van der Waals surface area contributed by atoms with Crippen LogP contribution >= 0.6 is 27.3 Å². The van der Waals surface area contributed by atoms with Crippen LogP contribution in [0.15, 0.2) is 28.1 Å². The molecule has 1 heterocycles. The first kappa shape index (κ1) is 13.9. The van der Waals surface area contributed by atoms with Crippen LogP contribution in [0.1, 0.15) is 29.3 Å². The number of methoxy groups -OCH3 is 1. The Bertz CT molecular complexity index is 628. The standard InChI is InChI=1S/C15H15BrFNOS/c1-19-13-7-9(17)5-6-12(13)18-11-3-2-4-14-10(11)8-15(16)20-14/h5-8,11,18H,2-4H2,1H3. The molecule has 1 aromatic heterocycles. The molecular formula is C15H15BrFNOS. The van der Waals surface area contributed by atoms with Crippen molar-refractivity contribution in [3.63, 3.8) is 0 Å². The average molecular weight is 356 g/mol. The fraction of sp³-hybridized carbons (Fsp3) is 0.333. The van der Waals surface area contributed by atoms with E-state index in [0.29, 0.717) is 5.75 Å². The van der Waals surface area contributed by atoms with Crippen molar-refractivity contribution in [3.05, 3.63) is 44.3 Å². The predicted octanol–water partition coefficient (Wildman–Crippen LogP) is 5.15. The minimum Gasteiger partial charge on any atom is -0.494 e. The number of ether oxygens (including phenoxy) is 1. The molecule has 0 radical (unpaired) electrons. The lowest BCUT2D eigenvalue weighted by Gasteiger charge is -2.25. The summed E-state index contributed by atoms with van der Waals surface area (Å²) < 4.78 is 19.7. The molecule has 5 heteroatoms. The van der Waals surface area contributed by atoms with Crippen molar-refractivity contribution in [2.24, 2.45) is 0 Å². The van der Waals surface area contributed by atoms with Crippen LogP contribution in [-0.4, -0.2) is 7.11 Å². The summed E-state index contributed by atoms with van der Waals surface area (Å²) in [6.45, 7) is 0. The van der Waals surface area contributed by atoms with E-state index in [1.807, 2.05) is 0 Å². The molecule has 3 rings (SSSR count). The van der Waals surface area contributed by atoms with E-state index in [1.54, 1.807) is 24.5 Å². The molecule has 1 aliphatic rings. The second-order valence-electron chi connectivity index (χ2n) is 4.86. The maximum absolute atomic E-state index is 13.2. The fourth-order valence-corrected chi connectivity index (χ4v) is 4.46. The topological polar surface area (TPSA) is 21.3 Å². The summed E-state index contributed by atoms with van der Waals surface area (Å²) in [6, 6.07) is 7.06. The Morgan fingerprint density at radius 3 is 3.05 bits per heavy atom. The summed E-state index contributed by atoms with van der Waals surface area (Å²) in [5.74, 6) is 0.265. The minimum atomic E-state index is -0.282. The molecule has 0 saturated heterocycles. The van der Waals surface area contributed by atoms with Crippen LogP contribution < -0.4 is 10.1 Å². The summed E-state index contributed by atoms with van der Waals surface area (Å²) in [5, 5.41) is 3.49. The second-order valence-corrected chi connectivity index (χ2v) is 7.38. The molecular weight excluding hydrogens is 341 g/mol. The Kier molecular flexibility index (Phi) is 3.98. The van der Waals surface area contributed by atoms with Gasteiger partial charge >= 0.3 is 0 Å². The summed E-state index contributed by atoms with van der Waals surface area (Å²) in [6.07, 6.45) is 3.39. The van der Waals surface area contributed by atoms with Gasteiger partial charge in [-0.3, -0.25) is 0 Å². The SMILES string of the molecule is COc1cc(F)ccc1NC1CCCc2sc(Br)cc21. The zero-order chi connectivity index (χ0) is 14.1. The molecule has 2 nitrogen and oxygen atoms in total. The van der Waals surface area contributed by atoms with Crippen molar-refractivity contribution in [1.82, 2.24) is 0 Å². The van der Waals surface area contributed by atoms with Crippen LogP contribution in [0.4, 0.5) is 10.1 Å². The number of hydrogen-bond donors (Lipinski definition) is 1. The maximum Gasteiger partial charge on any atom is 0.144 e. The van der Waals surface area contributed by atoms with Gasteiger partial charge in [-0.05, 0) is 59.0 Å². The van der Waals surface area contributed by atoms with E-state index in [-0.39, 0.29) is 11.9 Å². The number of fused-ring (bicyclic) bond motifs is 1. The van der Waals surface area contributed by atoms with Crippen LogP contribution in [0.5, 0.6) is 5.75 Å². The van der Waals surface area contributed by atoms with Gasteiger partial charge in [0.1, 0.15) is 11.6 Å². The molecule has 1 aromatic carbocycles. The smallest absolute Gasteiger partial charge is 0.144 e. The number of aryl methyl sites for hydroxylation is 1. The highest BCUT2D eigenvalue weighted by Gasteiger charge is 2.23. The first-order valence-corrected chi connectivity index (χ1v) is 8.16. The number of anilines is 1. The summed E-state index contributed by atoms with van der Waals surface area (Å²) >= 11 is 5.36. The van der Waals surface area contributed by atoms with Crippen LogP contribution in [0, 0.1) is 5.82 Å². The van der Waals surface area contributed by atoms with E-state index < -0.39 is 0 Å². The van der Waals surface area contributed by atoms with Crippen molar-refractivity contribution >= 4 is 33.0 Å². The molecule has 0 aliphatic heterocycles. The lowest BCUT2D eigenvalue weighted by Crippen LogP contribution is -2.16. The first-order valence-electron chi connectivity index (χ1n) is 6.55. The molecule has 0 bridgehead atoms. The number of hydrogen-bond acceptors (Lipinski definition) is 3. The van der Waals surface area contributed by atoms with E-state index in [4.69, 9.17) is 4.74 Å². The molecule has 1 N–H and O–H groups in total. The molecule has 1 aliphatic carbocycles. The van der Waals surface area contributed by atoms with Gasteiger partial charge in [-0.2, -0.15) is 0 Å². The highest BCUT2D eigenvalue weighted by Crippen LogP contribution is 2.40. The van der Waals surface area contributed by atoms with E-state index in [9.17, 15) is 4.39 Å². The number of rotatable bonds is 3. The number of thiophene rings is 1. The molecule has 106 valence electrons. The quantitative estimate of drug-likeness (QED) is 0.821. The van der Waals surface area contributed by atoms with Crippen molar-refractivity contribution in [2.75, 3.05) is 12.4 Å². The van der Waals surface area contributed by atoms with Crippen LogP contribution in [0.2, 0.25) is 0 Å². The summed E-state index contributed by atoms with van der Waals surface area (Å²) in [7, 11) is 1.56. The summed E-state index contributed by atoms with van der Waals surface area (Å²) in [5.41, 5.74) is 2.19. The largest absolute Gasteiger partial charge is 0.494 e. The highest BCUT2D eigenvalue weighted by atomic mass is 79.9. The van der Waals surface area contributed by atoms with Crippen molar-refractivity contribution in [1.29, 1.82) is 0 Å². The summed E-state index contributed by atoms with van der Waals surface area (Å²) in [4.78, 5) is 1.43. The minimum absolute atomic E-state index is 0.265. The van der Waals surface area contributed by atoms with Gasteiger partial charge in [0.25, 0.3) is 0 Å². The monoisotopic (exact) mass is 355 g/mol. The molecule has 1 unspecified atom stereocenters. The van der Waals surface area contributed by atoms with Gasteiger partial charge in [0.15, 0.2) is 0 Å². The van der Waals surface area contributed by atoms with Crippen LogP contribution in [0.25, 0.3) is 0 Å². The van der Waals surface area contributed by atoms with Crippen LogP contribution in [0.3, 0.4) is 0 Å². The normalized spacial score (nSPS) is 17.6. The average Bonchev–Trinajstić information content (AvgIpc) is 2.82. The van der Waals surface area contributed by atoms with E-state index in [1.165, 1.54) is 32.8 Å². The Morgan fingerprint density at radius 1 is 1.40 bits per heavy atom. The number of benzene rings is 1. The van der Waals surface area contributed by atoms with Gasteiger partial charge in [-0.15, -0.1) is 11.3 Å². The lowest BCUT2D eigenvalue weighted by atomic mass is 9.94. The van der Waals surface area contributed by atoms with Crippen molar-refractivity contribution < 1.29 is 9.13 Å². The van der Waals surface area contributed by atoms with Crippen LogP contribution in [-0.2, 0) is 6.42 Å². The molecule has 2 aromatic rings.